The Bertz CT molecular complexity index is 417. The van der Waals surface area contributed by atoms with Crippen LogP contribution in [0, 0.1) is 0 Å². The third-order valence-electron chi connectivity index (χ3n) is 3.18. The number of hydrogen-bond acceptors (Lipinski definition) is 3. The molecule has 2 aliphatic heterocycles. The number of aliphatic imine (C=N–C) groups is 1. The van der Waals surface area contributed by atoms with Gasteiger partial charge in [-0.25, -0.2) is 0 Å². The number of likely N-dealkylation sites (tertiary alicyclic amines) is 1. The minimum absolute atomic E-state index is 0.821. The molecule has 78 valence electrons. The van der Waals surface area contributed by atoms with Crippen LogP contribution in [-0.2, 0) is 6.54 Å². The molecule has 2 heterocycles. The van der Waals surface area contributed by atoms with Gasteiger partial charge in [-0.2, -0.15) is 0 Å². The summed E-state index contributed by atoms with van der Waals surface area (Å²) in [6, 6.07) is 6.11. The Morgan fingerprint density at radius 1 is 1.20 bits per heavy atom. The predicted molar refractivity (Wildman–Crippen MR) is 61.9 cm³/mol. The van der Waals surface area contributed by atoms with Crippen molar-refractivity contribution in [3.63, 3.8) is 0 Å². The van der Waals surface area contributed by atoms with Gasteiger partial charge < -0.3 is 10.6 Å². The van der Waals surface area contributed by atoms with Gasteiger partial charge in [-0.05, 0) is 30.5 Å². The molecule has 1 saturated heterocycles. The number of fused-ring (bicyclic) bond motifs is 1. The van der Waals surface area contributed by atoms with E-state index in [2.05, 4.69) is 22.0 Å². The molecule has 1 aromatic rings. The Balaban J connectivity index is 1.98. The second-order valence-electron chi connectivity index (χ2n) is 4.25. The minimum atomic E-state index is 0.821. The Morgan fingerprint density at radius 3 is 2.80 bits per heavy atom. The van der Waals surface area contributed by atoms with Crippen molar-refractivity contribution < 1.29 is 0 Å². The summed E-state index contributed by atoms with van der Waals surface area (Å²) < 4.78 is 0. The zero-order valence-electron chi connectivity index (χ0n) is 8.74. The molecule has 0 saturated carbocycles. The molecular weight excluding hydrogens is 186 g/mol. The highest BCUT2D eigenvalue weighted by atomic mass is 15.2. The Kier molecular flexibility index (Phi) is 1.91. The minimum Gasteiger partial charge on any atom is -0.399 e. The SMILES string of the molecule is Nc1ccc2c(c1)C(N1CCCC1)=NC2. The molecule has 2 aliphatic rings. The highest BCUT2D eigenvalue weighted by Crippen LogP contribution is 2.25. The predicted octanol–water partition coefficient (Wildman–Crippen LogP) is 1.62. The fourth-order valence-electron chi connectivity index (χ4n) is 2.38. The summed E-state index contributed by atoms with van der Waals surface area (Å²) in [5.74, 6) is 1.16. The van der Waals surface area contributed by atoms with Gasteiger partial charge in [-0.15, -0.1) is 0 Å². The van der Waals surface area contributed by atoms with Crippen molar-refractivity contribution in [3.05, 3.63) is 29.3 Å². The summed E-state index contributed by atoms with van der Waals surface area (Å²) in [6.45, 7) is 3.11. The molecule has 15 heavy (non-hydrogen) atoms. The number of anilines is 1. The van der Waals surface area contributed by atoms with Crippen LogP contribution in [0.4, 0.5) is 5.69 Å². The van der Waals surface area contributed by atoms with Crippen LogP contribution in [0.15, 0.2) is 23.2 Å². The number of nitrogens with two attached hydrogens (primary N) is 1. The van der Waals surface area contributed by atoms with Crippen LogP contribution < -0.4 is 5.73 Å². The van der Waals surface area contributed by atoms with Gasteiger partial charge in [0, 0.05) is 24.3 Å². The summed E-state index contributed by atoms with van der Waals surface area (Å²) in [4.78, 5) is 6.99. The number of nitrogen functional groups attached to an aromatic ring is 1. The van der Waals surface area contributed by atoms with Gasteiger partial charge in [0.1, 0.15) is 5.84 Å². The van der Waals surface area contributed by atoms with Gasteiger partial charge in [0.15, 0.2) is 0 Å². The maximum absolute atomic E-state index is 5.82. The van der Waals surface area contributed by atoms with Gasteiger partial charge in [-0.1, -0.05) is 6.07 Å². The normalized spacial score (nSPS) is 19.2. The van der Waals surface area contributed by atoms with Crippen molar-refractivity contribution in [2.24, 2.45) is 4.99 Å². The van der Waals surface area contributed by atoms with E-state index in [4.69, 9.17) is 5.73 Å². The van der Waals surface area contributed by atoms with Crippen LogP contribution in [0.25, 0.3) is 0 Å². The lowest BCUT2D eigenvalue weighted by atomic mass is 10.1. The first-order chi connectivity index (χ1) is 7.34. The van der Waals surface area contributed by atoms with E-state index in [0.29, 0.717) is 0 Å². The molecule has 0 unspecified atom stereocenters. The van der Waals surface area contributed by atoms with Crippen LogP contribution in [0.3, 0.4) is 0 Å². The van der Waals surface area contributed by atoms with Gasteiger partial charge in [-0.3, -0.25) is 4.99 Å². The molecule has 0 radical (unpaired) electrons. The molecular formula is C12H15N3. The first-order valence-corrected chi connectivity index (χ1v) is 5.53. The molecule has 2 N–H and O–H groups in total. The Hall–Kier alpha value is -1.51. The van der Waals surface area contributed by atoms with Gasteiger partial charge in [0.05, 0.1) is 6.54 Å². The lowest BCUT2D eigenvalue weighted by molar-refractivity contribution is 0.520. The van der Waals surface area contributed by atoms with E-state index in [0.717, 1.165) is 31.2 Å². The van der Waals surface area contributed by atoms with Gasteiger partial charge in [0.2, 0.25) is 0 Å². The number of amidine groups is 1. The van der Waals surface area contributed by atoms with Gasteiger partial charge in [0.25, 0.3) is 0 Å². The Labute approximate surface area is 89.6 Å². The third-order valence-corrected chi connectivity index (χ3v) is 3.18. The van der Waals surface area contributed by atoms with Crippen molar-refractivity contribution >= 4 is 11.5 Å². The highest BCUT2D eigenvalue weighted by molar-refractivity contribution is 6.02. The highest BCUT2D eigenvalue weighted by Gasteiger charge is 2.23. The Morgan fingerprint density at radius 2 is 2.00 bits per heavy atom. The third kappa shape index (κ3) is 1.39. The monoisotopic (exact) mass is 201 g/mol. The molecule has 0 bridgehead atoms. The molecule has 0 amide bonds. The van der Waals surface area contributed by atoms with E-state index in [1.54, 1.807) is 0 Å². The molecule has 1 aromatic carbocycles. The van der Waals surface area contributed by atoms with Crippen molar-refractivity contribution in [1.29, 1.82) is 0 Å². The van der Waals surface area contributed by atoms with Crippen LogP contribution in [0.2, 0.25) is 0 Å². The van der Waals surface area contributed by atoms with Crippen molar-refractivity contribution in [2.75, 3.05) is 18.8 Å². The van der Waals surface area contributed by atoms with Crippen LogP contribution >= 0.6 is 0 Å². The molecule has 3 nitrogen and oxygen atoms in total. The molecule has 0 aromatic heterocycles. The average Bonchev–Trinajstić information content (AvgIpc) is 2.83. The zero-order chi connectivity index (χ0) is 10.3. The van der Waals surface area contributed by atoms with E-state index in [1.807, 2.05) is 6.07 Å². The number of nitrogens with zero attached hydrogens (tertiary/aromatic N) is 2. The first kappa shape index (κ1) is 8.77. The van der Waals surface area contributed by atoms with Crippen LogP contribution in [-0.4, -0.2) is 23.8 Å². The van der Waals surface area contributed by atoms with Crippen molar-refractivity contribution in [2.45, 2.75) is 19.4 Å². The number of hydrogen-bond donors (Lipinski definition) is 1. The molecule has 3 heteroatoms. The maximum atomic E-state index is 5.82. The average molecular weight is 201 g/mol. The number of rotatable bonds is 0. The van der Waals surface area contributed by atoms with E-state index < -0.39 is 0 Å². The zero-order valence-corrected chi connectivity index (χ0v) is 8.74. The van der Waals surface area contributed by atoms with Gasteiger partial charge >= 0.3 is 0 Å². The first-order valence-electron chi connectivity index (χ1n) is 5.53. The fourth-order valence-corrected chi connectivity index (χ4v) is 2.38. The van der Waals surface area contributed by atoms with E-state index >= 15 is 0 Å². The van der Waals surface area contributed by atoms with Crippen molar-refractivity contribution in [1.82, 2.24) is 4.90 Å². The molecule has 0 spiro atoms. The topological polar surface area (TPSA) is 41.6 Å². The fraction of sp³-hybridized carbons (Fsp3) is 0.417. The molecule has 0 atom stereocenters. The summed E-state index contributed by atoms with van der Waals surface area (Å²) in [6.07, 6.45) is 2.58. The number of benzene rings is 1. The summed E-state index contributed by atoms with van der Waals surface area (Å²) in [5.41, 5.74) is 9.21. The molecule has 0 aliphatic carbocycles. The summed E-state index contributed by atoms with van der Waals surface area (Å²) in [7, 11) is 0. The lowest BCUT2D eigenvalue weighted by Gasteiger charge is -2.18. The van der Waals surface area contributed by atoms with Crippen molar-refractivity contribution in [3.8, 4) is 0 Å². The molecule has 1 fully saturated rings. The molecule has 3 rings (SSSR count). The lowest BCUT2D eigenvalue weighted by Crippen LogP contribution is -2.27. The maximum Gasteiger partial charge on any atom is 0.131 e. The second-order valence-corrected chi connectivity index (χ2v) is 4.25. The van der Waals surface area contributed by atoms with E-state index in [1.165, 1.54) is 24.0 Å². The van der Waals surface area contributed by atoms with Crippen LogP contribution in [0.1, 0.15) is 24.0 Å². The standard InChI is InChI=1S/C12H15N3/c13-10-4-3-9-8-14-12(11(9)7-10)15-5-1-2-6-15/h3-4,7H,1-2,5-6,8,13H2. The summed E-state index contributed by atoms with van der Waals surface area (Å²) in [5, 5.41) is 0. The second kappa shape index (κ2) is 3.26. The quantitative estimate of drug-likeness (QED) is 0.648. The summed E-state index contributed by atoms with van der Waals surface area (Å²) >= 11 is 0. The van der Waals surface area contributed by atoms with E-state index in [-0.39, 0.29) is 0 Å². The van der Waals surface area contributed by atoms with Crippen LogP contribution in [0.5, 0.6) is 0 Å². The van der Waals surface area contributed by atoms with E-state index in [9.17, 15) is 0 Å². The smallest absolute Gasteiger partial charge is 0.131 e. The largest absolute Gasteiger partial charge is 0.399 e.